The molecule has 0 aromatic heterocycles. The Hall–Kier alpha value is -0.0800. The van der Waals surface area contributed by atoms with Crippen LogP contribution in [0.5, 0.6) is 0 Å². The van der Waals surface area contributed by atoms with Crippen molar-refractivity contribution in [1.29, 1.82) is 0 Å². The van der Waals surface area contributed by atoms with E-state index in [9.17, 15) is 0 Å². The molecule has 122 valence electrons. The van der Waals surface area contributed by atoms with Crippen LogP contribution in [0.2, 0.25) is 0 Å². The highest BCUT2D eigenvalue weighted by molar-refractivity contribution is 4.52. The zero-order valence-electron chi connectivity index (χ0n) is 14.9. The lowest BCUT2D eigenvalue weighted by Gasteiger charge is -2.32. The summed E-state index contributed by atoms with van der Waals surface area (Å²) < 4.78 is 0.702. The minimum absolute atomic E-state index is 0.601. The highest BCUT2D eigenvalue weighted by atomic mass is 16.7. The van der Waals surface area contributed by atoms with Crippen LogP contribution in [0.3, 0.4) is 0 Å². The van der Waals surface area contributed by atoms with Gasteiger partial charge in [-0.25, -0.2) is 4.84 Å². The summed E-state index contributed by atoms with van der Waals surface area (Å²) in [4.78, 5) is 5.77. The minimum Gasteiger partial charge on any atom is -0.203 e. The second-order valence-electron chi connectivity index (χ2n) is 6.67. The van der Waals surface area contributed by atoms with E-state index in [2.05, 4.69) is 34.9 Å². The molecule has 0 bridgehead atoms. The van der Waals surface area contributed by atoms with Crippen molar-refractivity contribution in [3.05, 3.63) is 0 Å². The Morgan fingerprint density at radius 1 is 0.750 bits per heavy atom. The number of nitrogens with zero attached hydrogens (tertiary/aromatic N) is 1. The van der Waals surface area contributed by atoms with Gasteiger partial charge in [0.2, 0.25) is 0 Å². The van der Waals surface area contributed by atoms with Crippen molar-refractivity contribution in [2.24, 2.45) is 0 Å². The summed E-state index contributed by atoms with van der Waals surface area (Å²) in [6.07, 6.45) is 15.4. The Labute approximate surface area is 128 Å². The summed E-state index contributed by atoms with van der Waals surface area (Å²) in [7, 11) is 4.34. The average molecular weight is 287 g/mol. The van der Waals surface area contributed by atoms with Crippen molar-refractivity contribution in [3.8, 4) is 0 Å². The molecule has 1 unspecified atom stereocenters. The van der Waals surface area contributed by atoms with Crippen LogP contribution in [0.1, 0.15) is 91.4 Å². The van der Waals surface area contributed by atoms with Gasteiger partial charge in [0, 0.05) is 6.42 Å². The first kappa shape index (κ1) is 19.9. The van der Waals surface area contributed by atoms with E-state index >= 15 is 0 Å². The molecule has 0 radical (unpaired) electrons. The summed E-state index contributed by atoms with van der Waals surface area (Å²) in [6, 6.07) is 0.601. The molecule has 0 fully saturated rings. The van der Waals surface area contributed by atoms with Crippen LogP contribution in [0, 0.1) is 0 Å². The SMILES string of the molecule is CCCCCCCCCCCCC(C)[N+](C)(C)OCC. The van der Waals surface area contributed by atoms with Gasteiger partial charge in [0.25, 0.3) is 0 Å². The standard InChI is InChI=1S/C18H40NO/c1-6-8-9-10-11-12-13-14-15-16-17-18(3)19(4,5)20-7-2/h18H,6-17H2,1-5H3/q+1. The molecule has 0 spiro atoms. The molecule has 2 heteroatoms. The van der Waals surface area contributed by atoms with Gasteiger partial charge in [-0.3, -0.25) is 0 Å². The van der Waals surface area contributed by atoms with Crippen LogP contribution in [0.25, 0.3) is 0 Å². The summed E-state index contributed by atoms with van der Waals surface area (Å²) >= 11 is 0. The highest BCUT2D eigenvalue weighted by Gasteiger charge is 2.24. The van der Waals surface area contributed by atoms with Gasteiger partial charge in [0.15, 0.2) is 0 Å². The molecule has 0 saturated carbocycles. The molecule has 2 nitrogen and oxygen atoms in total. The molecule has 0 N–H and O–H groups in total. The van der Waals surface area contributed by atoms with Gasteiger partial charge >= 0.3 is 0 Å². The lowest BCUT2D eigenvalue weighted by Crippen LogP contribution is -2.47. The van der Waals surface area contributed by atoms with Crippen molar-refractivity contribution in [2.45, 2.75) is 97.4 Å². The third-order valence-electron chi connectivity index (χ3n) is 4.50. The first-order valence-corrected chi connectivity index (χ1v) is 9.02. The van der Waals surface area contributed by atoms with Gasteiger partial charge in [0.05, 0.1) is 14.1 Å². The summed E-state index contributed by atoms with van der Waals surface area (Å²) in [5, 5.41) is 0. The fourth-order valence-corrected chi connectivity index (χ4v) is 2.70. The monoisotopic (exact) mass is 286 g/mol. The quantitative estimate of drug-likeness (QED) is 0.226. The van der Waals surface area contributed by atoms with Gasteiger partial charge in [0.1, 0.15) is 12.6 Å². The Kier molecular flexibility index (Phi) is 12.6. The highest BCUT2D eigenvalue weighted by Crippen LogP contribution is 2.16. The van der Waals surface area contributed by atoms with Crippen molar-refractivity contribution in [1.82, 2.24) is 0 Å². The van der Waals surface area contributed by atoms with E-state index in [1.807, 2.05) is 0 Å². The molecule has 0 saturated heterocycles. The Bertz CT molecular complexity index is 204. The van der Waals surface area contributed by atoms with Crippen LogP contribution >= 0.6 is 0 Å². The molecule has 0 aliphatic rings. The molecule has 20 heavy (non-hydrogen) atoms. The molecule has 0 aromatic carbocycles. The van der Waals surface area contributed by atoms with Crippen LogP contribution in [-0.4, -0.2) is 31.4 Å². The summed E-state index contributed by atoms with van der Waals surface area (Å²) in [6.45, 7) is 7.47. The molecule has 0 aliphatic carbocycles. The van der Waals surface area contributed by atoms with E-state index in [0.29, 0.717) is 10.7 Å². The third kappa shape index (κ3) is 10.7. The normalized spacial score (nSPS) is 13.7. The van der Waals surface area contributed by atoms with Crippen LogP contribution in [0.15, 0.2) is 0 Å². The fourth-order valence-electron chi connectivity index (χ4n) is 2.70. The van der Waals surface area contributed by atoms with E-state index in [0.717, 1.165) is 6.61 Å². The first-order chi connectivity index (χ1) is 9.54. The lowest BCUT2D eigenvalue weighted by molar-refractivity contribution is -1.09. The Morgan fingerprint density at radius 3 is 1.65 bits per heavy atom. The number of unbranched alkanes of at least 4 members (excludes halogenated alkanes) is 9. The van der Waals surface area contributed by atoms with Crippen molar-refractivity contribution in [2.75, 3.05) is 20.7 Å². The number of quaternary nitrogens is 1. The molecular formula is C18H40NO+. The predicted molar refractivity (Wildman–Crippen MR) is 89.7 cm³/mol. The molecule has 0 heterocycles. The van der Waals surface area contributed by atoms with Crippen LogP contribution in [0.4, 0.5) is 0 Å². The van der Waals surface area contributed by atoms with E-state index in [4.69, 9.17) is 4.84 Å². The summed E-state index contributed by atoms with van der Waals surface area (Å²) in [5.74, 6) is 0. The van der Waals surface area contributed by atoms with E-state index in [1.165, 1.54) is 70.6 Å². The largest absolute Gasteiger partial charge is 0.203 e. The molecule has 0 aromatic rings. The van der Waals surface area contributed by atoms with Crippen molar-refractivity contribution < 1.29 is 9.48 Å². The van der Waals surface area contributed by atoms with Gasteiger partial charge in [-0.1, -0.05) is 64.7 Å². The maximum Gasteiger partial charge on any atom is 0.116 e. The zero-order chi connectivity index (χ0) is 15.3. The smallest absolute Gasteiger partial charge is 0.116 e. The van der Waals surface area contributed by atoms with Gasteiger partial charge in [-0.05, 0) is 20.3 Å². The maximum atomic E-state index is 5.77. The fraction of sp³-hybridized carbons (Fsp3) is 1.00. The van der Waals surface area contributed by atoms with Crippen LogP contribution in [-0.2, 0) is 4.84 Å². The molecular weight excluding hydrogens is 246 g/mol. The predicted octanol–water partition coefficient (Wildman–Crippen LogP) is 5.71. The van der Waals surface area contributed by atoms with Crippen molar-refractivity contribution >= 4 is 0 Å². The second kappa shape index (κ2) is 12.6. The molecule has 1 atom stereocenters. The topological polar surface area (TPSA) is 9.23 Å². The number of rotatable bonds is 14. The molecule has 0 aliphatic heterocycles. The third-order valence-corrected chi connectivity index (χ3v) is 4.50. The van der Waals surface area contributed by atoms with Gasteiger partial charge in [-0.15, -0.1) is 0 Å². The second-order valence-corrected chi connectivity index (χ2v) is 6.67. The zero-order valence-corrected chi connectivity index (χ0v) is 14.9. The number of hydroxylamine groups is 3. The minimum atomic E-state index is 0.601. The number of hydrogen-bond donors (Lipinski definition) is 0. The average Bonchev–Trinajstić information content (AvgIpc) is 2.40. The van der Waals surface area contributed by atoms with Gasteiger partial charge < -0.3 is 0 Å². The lowest BCUT2D eigenvalue weighted by atomic mass is 10.0. The maximum absolute atomic E-state index is 5.77. The van der Waals surface area contributed by atoms with E-state index in [-0.39, 0.29) is 0 Å². The molecule has 0 rings (SSSR count). The van der Waals surface area contributed by atoms with Crippen molar-refractivity contribution in [3.63, 3.8) is 0 Å². The van der Waals surface area contributed by atoms with E-state index in [1.54, 1.807) is 0 Å². The van der Waals surface area contributed by atoms with Crippen LogP contribution < -0.4 is 0 Å². The summed E-state index contributed by atoms with van der Waals surface area (Å²) in [5.41, 5.74) is 0. The molecule has 0 amide bonds. The Morgan fingerprint density at radius 2 is 1.20 bits per heavy atom. The Balaban J connectivity index is 3.35. The van der Waals surface area contributed by atoms with Gasteiger partial charge in [-0.2, -0.15) is 4.65 Å². The van der Waals surface area contributed by atoms with E-state index < -0.39 is 0 Å². The number of hydrogen-bond acceptors (Lipinski definition) is 1. The first-order valence-electron chi connectivity index (χ1n) is 9.02.